The van der Waals surface area contributed by atoms with Crippen molar-refractivity contribution in [2.45, 2.75) is 26.2 Å². The highest BCUT2D eigenvalue weighted by Gasteiger charge is 2.16. The van der Waals surface area contributed by atoms with Gasteiger partial charge in [-0.25, -0.2) is 4.79 Å². The van der Waals surface area contributed by atoms with Crippen molar-refractivity contribution in [3.05, 3.63) is 63.7 Å². The Balaban J connectivity index is 1.88. The lowest BCUT2D eigenvalue weighted by Gasteiger charge is -2.21. The fourth-order valence-electron chi connectivity index (χ4n) is 2.43. The molecule has 2 rings (SSSR count). The Morgan fingerprint density at radius 1 is 1.41 bits per heavy atom. The van der Waals surface area contributed by atoms with E-state index in [0.717, 1.165) is 24.8 Å². The molecular weight excluding hydrogens is 282 g/mol. The van der Waals surface area contributed by atoms with Crippen molar-refractivity contribution in [2.24, 2.45) is 5.92 Å². The van der Waals surface area contributed by atoms with Gasteiger partial charge < -0.3 is 4.74 Å². The third-order valence-corrected chi connectivity index (χ3v) is 3.90. The molecule has 1 aliphatic rings. The maximum absolute atomic E-state index is 11.9. The summed E-state index contributed by atoms with van der Waals surface area (Å²) in [5.41, 5.74) is 2.59. The van der Waals surface area contributed by atoms with Crippen LogP contribution in [0.3, 0.4) is 0 Å². The van der Waals surface area contributed by atoms with Gasteiger partial charge in [0, 0.05) is 12.1 Å². The molecule has 0 saturated heterocycles. The Morgan fingerprint density at radius 3 is 2.59 bits per heavy atom. The summed E-state index contributed by atoms with van der Waals surface area (Å²) in [7, 11) is 0. The van der Waals surface area contributed by atoms with Gasteiger partial charge in [0.2, 0.25) is 0 Å². The number of nitro benzene ring substituents is 1. The van der Waals surface area contributed by atoms with Crippen molar-refractivity contribution in [1.29, 1.82) is 0 Å². The standard InChI is InChI=1S/C17H19NO4/c1-12(2)14-5-3-13(4-6-14)11-22-17(19)15-7-9-16(10-8-15)18(20)21/h3,7-10,14H,1,4-6,11H2,2H3/t14-/m1/s1. The molecule has 5 heteroatoms. The van der Waals surface area contributed by atoms with E-state index in [-0.39, 0.29) is 12.3 Å². The van der Waals surface area contributed by atoms with Crippen LogP contribution in [0.4, 0.5) is 5.69 Å². The second-order valence-corrected chi connectivity index (χ2v) is 5.56. The average Bonchev–Trinajstić information content (AvgIpc) is 2.53. The zero-order chi connectivity index (χ0) is 16.1. The van der Waals surface area contributed by atoms with Crippen molar-refractivity contribution in [3.8, 4) is 0 Å². The third kappa shape index (κ3) is 4.04. The largest absolute Gasteiger partial charge is 0.458 e. The molecule has 0 aliphatic heterocycles. The number of hydrogen-bond acceptors (Lipinski definition) is 4. The van der Waals surface area contributed by atoms with Gasteiger partial charge in [-0.15, -0.1) is 0 Å². The number of carbonyl (C=O) groups is 1. The molecule has 22 heavy (non-hydrogen) atoms. The lowest BCUT2D eigenvalue weighted by atomic mass is 9.86. The summed E-state index contributed by atoms with van der Waals surface area (Å²) in [5.74, 6) is 0.0620. The molecule has 0 unspecified atom stereocenters. The Hall–Kier alpha value is -2.43. The first-order valence-electron chi connectivity index (χ1n) is 7.22. The second-order valence-electron chi connectivity index (χ2n) is 5.56. The van der Waals surface area contributed by atoms with Crippen LogP contribution in [0.25, 0.3) is 0 Å². The van der Waals surface area contributed by atoms with E-state index in [9.17, 15) is 14.9 Å². The van der Waals surface area contributed by atoms with Crippen LogP contribution in [-0.2, 0) is 4.74 Å². The number of allylic oxidation sites excluding steroid dienone is 2. The fraction of sp³-hybridized carbons (Fsp3) is 0.353. The summed E-state index contributed by atoms with van der Waals surface area (Å²) in [4.78, 5) is 22.0. The first kappa shape index (κ1) is 15.9. The summed E-state index contributed by atoms with van der Waals surface area (Å²) in [6.45, 7) is 6.29. The lowest BCUT2D eigenvalue weighted by Crippen LogP contribution is -2.12. The maximum Gasteiger partial charge on any atom is 0.338 e. The number of hydrogen-bond donors (Lipinski definition) is 0. The van der Waals surface area contributed by atoms with Crippen molar-refractivity contribution in [3.63, 3.8) is 0 Å². The molecule has 0 N–H and O–H groups in total. The topological polar surface area (TPSA) is 69.4 Å². The Bertz CT molecular complexity index is 616. The predicted octanol–water partition coefficient (Wildman–Crippen LogP) is 4.05. The Kier molecular flexibility index (Phi) is 5.09. The Morgan fingerprint density at radius 2 is 2.09 bits per heavy atom. The predicted molar refractivity (Wildman–Crippen MR) is 83.6 cm³/mol. The van der Waals surface area contributed by atoms with Crippen LogP contribution in [0.2, 0.25) is 0 Å². The van der Waals surface area contributed by atoms with Gasteiger partial charge >= 0.3 is 5.97 Å². The van der Waals surface area contributed by atoms with Crippen LogP contribution < -0.4 is 0 Å². The van der Waals surface area contributed by atoms with Crippen LogP contribution >= 0.6 is 0 Å². The van der Waals surface area contributed by atoms with E-state index in [4.69, 9.17) is 4.74 Å². The zero-order valence-corrected chi connectivity index (χ0v) is 12.6. The molecule has 0 heterocycles. The highest BCUT2D eigenvalue weighted by atomic mass is 16.6. The molecule has 1 aromatic carbocycles. The molecule has 1 aliphatic carbocycles. The van der Waals surface area contributed by atoms with Crippen LogP contribution in [0.1, 0.15) is 36.5 Å². The van der Waals surface area contributed by atoms with E-state index in [1.807, 2.05) is 6.92 Å². The first-order chi connectivity index (χ1) is 10.5. The monoisotopic (exact) mass is 301 g/mol. The molecular formula is C17H19NO4. The van der Waals surface area contributed by atoms with Gasteiger partial charge in [-0.3, -0.25) is 10.1 Å². The van der Waals surface area contributed by atoms with Crippen molar-refractivity contribution < 1.29 is 14.5 Å². The summed E-state index contributed by atoms with van der Waals surface area (Å²) in [5, 5.41) is 10.6. The van der Waals surface area contributed by atoms with Gasteiger partial charge in [0.05, 0.1) is 10.5 Å². The molecule has 1 aromatic rings. The number of esters is 1. The van der Waals surface area contributed by atoms with E-state index in [1.54, 1.807) is 0 Å². The summed E-state index contributed by atoms with van der Waals surface area (Å²) < 4.78 is 5.26. The minimum Gasteiger partial charge on any atom is -0.458 e. The van der Waals surface area contributed by atoms with Crippen molar-refractivity contribution in [1.82, 2.24) is 0 Å². The molecule has 1 atom stereocenters. The van der Waals surface area contributed by atoms with Gasteiger partial charge in [-0.2, -0.15) is 0 Å². The summed E-state index contributed by atoms with van der Waals surface area (Å²) >= 11 is 0. The smallest absolute Gasteiger partial charge is 0.338 e. The number of nitro groups is 1. The minimum absolute atomic E-state index is 0.0441. The fourth-order valence-corrected chi connectivity index (χ4v) is 2.43. The second kappa shape index (κ2) is 7.02. The molecule has 5 nitrogen and oxygen atoms in total. The quantitative estimate of drug-likeness (QED) is 0.356. The molecule has 116 valence electrons. The van der Waals surface area contributed by atoms with Crippen molar-refractivity contribution in [2.75, 3.05) is 6.61 Å². The number of rotatable bonds is 5. The molecule has 0 spiro atoms. The molecule has 0 aromatic heterocycles. The van der Waals surface area contributed by atoms with E-state index in [2.05, 4.69) is 12.7 Å². The number of non-ortho nitro benzene ring substituents is 1. The minimum atomic E-state index is -0.500. The lowest BCUT2D eigenvalue weighted by molar-refractivity contribution is -0.384. The van der Waals surface area contributed by atoms with Crippen LogP contribution in [0.15, 0.2) is 48.1 Å². The van der Waals surface area contributed by atoms with Gasteiger partial charge in [-0.05, 0) is 49.8 Å². The SMILES string of the molecule is C=C(C)[C@@H]1CC=C(COC(=O)c2ccc([N+](=O)[O-])cc2)CC1. The highest BCUT2D eigenvalue weighted by molar-refractivity contribution is 5.89. The molecule has 0 saturated carbocycles. The van der Waals surface area contributed by atoms with Crippen LogP contribution in [0, 0.1) is 16.0 Å². The number of nitrogens with zero attached hydrogens (tertiary/aromatic N) is 1. The number of benzene rings is 1. The normalized spacial score (nSPS) is 17.5. The van der Waals surface area contributed by atoms with Gasteiger partial charge in [0.25, 0.3) is 5.69 Å². The zero-order valence-electron chi connectivity index (χ0n) is 12.6. The third-order valence-electron chi connectivity index (χ3n) is 3.90. The number of carbonyl (C=O) groups excluding carboxylic acids is 1. The average molecular weight is 301 g/mol. The first-order valence-corrected chi connectivity index (χ1v) is 7.22. The van der Waals surface area contributed by atoms with E-state index < -0.39 is 10.9 Å². The number of ether oxygens (including phenoxy) is 1. The van der Waals surface area contributed by atoms with E-state index >= 15 is 0 Å². The maximum atomic E-state index is 11.9. The molecule has 0 bridgehead atoms. The van der Waals surface area contributed by atoms with Crippen LogP contribution in [-0.4, -0.2) is 17.5 Å². The molecule has 0 amide bonds. The molecule has 0 radical (unpaired) electrons. The van der Waals surface area contributed by atoms with Crippen LogP contribution in [0.5, 0.6) is 0 Å². The van der Waals surface area contributed by atoms with E-state index in [0.29, 0.717) is 11.5 Å². The van der Waals surface area contributed by atoms with Crippen molar-refractivity contribution >= 4 is 11.7 Å². The molecule has 0 fully saturated rings. The van der Waals surface area contributed by atoms with Gasteiger partial charge in [0.1, 0.15) is 6.61 Å². The Labute approximate surface area is 129 Å². The summed E-state index contributed by atoms with van der Waals surface area (Å²) in [6.07, 6.45) is 5.01. The van der Waals surface area contributed by atoms with E-state index in [1.165, 1.54) is 29.8 Å². The van der Waals surface area contributed by atoms with Gasteiger partial charge in [-0.1, -0.05) is 18.2 Å². The highest BCUT2D eigenvalue weighted by Crippen LogP contribution is 2.28. The summed E-state index contributed by atoms with van der Waals surface area (Å²) in [6, 6.07) is 5.42. The van der Waals surface area contributed by atoms with Gasteiger partial charge in [0.15, 0.2) is 0 Å².